The van der Waals surface area contributed by atoms with E-state index in [0.717, 1.165) is 4.47 Å². The molecule has 0 aliphatic carbocycles. The van der Waals surface area contributed by atoms with E-state index in [-0.39, 0.29) is 24.8 Å². The molecule has 0 atom stereocenters. The van der Waals surface area contributed by atoms with E-state index in [1.54, 1.807) is 36.4 Å². The highest BCUT2D eigenvalue weighted by Gasteiger charge is 2.13. The van der Waals surface area contributed by atoms with Gasteiger partial charge >= 0.3 is 0 Å². The number of rotatable bonds is 7. The highest BCUT2D eigenvalue weighted by Crippen LogP contribution is 2.35. The van der Waals surface area contributed by atoms with Crippen LogP contribution in [0.15, 0.2) is 40.9 Å². The molecule has 0 saturated carbocycles. The van der Waals surface area contributed by atoms with E-state index >= 15 is 0 Å². The molecule has 0 aromatic heterocycles. The zero-order valence-corrected chi connectivity index (χ0v) is 16.6. The summed E-state index contributed by atoms with van der Waals surface area (Å²) in [6.45, 7) is 0.201. The predicted octanol–water partition coefficient (Wildman–Crippen LogP) is 3.88. The van der Waals surface area contributed by atoms with E-state index in [4.69, 9.17) is 21.1 Å². The first kappa shape index (κ1) is 20.1. The summed E-state index contributed by atoms with van der Waals surface area (Å²) < 4.78 is 11.2. The van der Waals surface area contributed by atoms with Crippen LogP contribution in [0.3, 0.4) is 0 Å². The number of ether oxygens (including phenoxy) is 2. The van der Waals surface area contributed by atoms with Crippen LogP contribution in [0.4, 0.5) is 5.69 Å². The Bertz CT molecular complexity index is 797. The van der Waals surface area contributed by atoms with Crippen LogP contribution in [-0.2, 0) is 4.79 Å². The molecule has 0 aliphatic rings. The lowest BCUT2D eigenvalue weighted by atomic mass is 10.2. The molecule has 0 spiro atoms. The molecule has 2 amide bonds. The van der Waals surface area contributed by atoms with E-state index < -0.39 is 0 Å². The lowest BCUT2D eigenvalue weighted by molar-refractivity contribution is -0.116. The smallest absolute Gasteiger partial charge is 0.251 e. The second-order valence-corrected chi connectivity index (χ2v) is 6.57. The molecule has 0 saturated heterocycles. The Kier molecular flexibility index (Phi) is 7.29. The Hall–Kier alpha value is -2.25. The predicted molar refractivity (Wildman–Crippen MR) is 104 cm³/mol. The average Bonchev–Trinajstić information content (AvgIpc) is 2.62. The third-order valence-electron chi connectivity index (χ3n) is 3.49. The first-order chi connectivity index (χ1) is 12.4. The highest BCUT2D eigenvalue weighted by molar-refractivity contribution is 9.10. The van der Waals surface area contributed by atoms with Crippen molar-refractivity contribution in [2.75, 3.05) is 26.1 Å². The molecule has 2 rings (SSSR count). The molecular weight excluding hydrogens is 424 g/mol. The van der Waals surface area contributed by atoms with Gasteiger partial charge < -0.3 is 20.1 Å². The standard InChI is InChI=1S/C18H18BrClN2O4/c1-25-15-10-16(26-2)14(9-13(15)20)22-17(23)7-8-21-18(24)11-3-5-12(19)6-4-11/h3-6,9-10H,7-8H2,1-2H3,(H,21,24)(H,22,23). The lowest BCUT2D eigenvalue weighted by Crippen LogP contribution is -2.27. The molecule has 0 bridgehead atoms. The summed E-state index contributed by atoms with van der Waals surface area (Å²) in [4.78, 5) is 24.1. The number of methoxy groups -OCH3 is 2. The Labute approximate surface area is 164 Å². The van der Waals surface area contributed by atoms with Gasteiger partial charge in [0.1, 0.15) is 11.5 Å². The fourth-order valence-corrected chi connectivity index (χ4v) is 2.67. The molecule has 0 fully saturated rings. The minimum Gasteiger partial charge on any atom is -0.495 e. The second kappa shape index (κ2) is 9.45. The third-order valence-corrected chi connectivity index (χ3v) is 4.32. The molecular formula is C18H18BrClN2O4. The van der Waals surface area contributed by atoms with Gasteiger partial charge in [0.15, 0.2) is 0 Å². The molecule has 8 heteroatoms. The number of nitrogens with one attached hydrogen (secondary N) is 2. The van der Waals surface area contributed by atoms with Crippen LogP contribution in [0.25, 0.3) is 0 Å². The fraction of sp³-hybridized carbons (Fsp3) is 0.222. The van der Waals surface area contributed by atoms with Crippen molar-refractivity contribution in [2.45, 2.75) is 6.42 Å². The van der Waals surface area contributed by atoms with Gasteiger partial charge in [-0.2, -0.15) is 0 Å². The number of hydrogen-bond donors (Lipinski definition) is 2. The van der Waals surface area contributed by atoms with Crippen molar-refractivity contribution < 1.29 is 19.1 Å². The van der Waals surface area contributed by atoms with E-state index in [1.807, 2.05) is 0 Å². The van der Waals surface area contributed by atoms with E-state index in [0.29, 0.717) is 27.8 Å². The van der Waals surface area contributed by atoms with Gasteiger partial charge in [0.2, 0.25) is 5.91 Å². The van der Waals surface area contributed by atoms with Crippen LogP contribution in [0, 0.1) is 0 Å². The summed E-state index contributed by atoms with van der Waals surface area (Å²) in [6.07, 6.45) is 0.106. The molecule has 6 nitrogen and oxygen atoms in total. The van der Waals surface area contributed by atoms with Crippen molar-refractivity contribution in [1.82, 2.24) is 5.32 Å². The maximum absolute atomic E-state index is 12.1. The van der Waals surface area contributed by atoms with Crippen molar-refractivity contribution in [3.05, 3.63) is 51.5 Å². The van der Waals surface area contributed by atoms with Crippen molar-refractivity contribution in [3.63, 3.8) is 0 Å². The summed E-state index contributed by atoms with van der Waals surface area (Å²) in [6, 6.07) is 10.1. The molecule has 26 heavy (non-hydrogen) atoms. The van der Waals surface area contributed by atoms with Crippen LogP contribution in [0.2, 0.25) is 5.02 Å². The van der Waals surface area contributed by atoms with Crippen molar-refractivity contribution in [2.24, 2.45) is 0 Å². The number of benzene rings is 2. The van der Waals surface area contributed by atoms with Crippen LogP contribution in [-0.4, -0.2) is 32.6 Å². The van der Waals surface area contributed by atoms with E-state index in [2.05, 4.69) is 26.6 Å². The van der Waals surface area contributed by atoms with Crippen LogP contribution in [0.5, 0.6) is 11.5 Å². The molecule has 0 heterocycles. The van der Waals surface area contributed by atoms with Crippen molar-refractivity contribution >= 4 is 45.0 Å². The van der Waals surface area contributed by atoms with Gasteiger partial charge in [0.25, 0.3) is 5.91 Å². The van der Waals surface area contributed by atoms with Gasteiger partial charge in [-0.1, -0.05) is 27.5 Å². The van der Waals surface area contributed by atoms with Crippen LogP contribution < -0.4 is 20.1 Å². The largest absolute Gasteiger partial charge is 0.495 e. The SMILES string of the molecule is COc1cc(OC)c(NC(=O)CCNC(=O)c2ccc(Br)cc2)cc1Cl. The molecule has 2 aromatic rings. The Morgan fingerprint density at radius 2 is 1.73 bits per heavy atom. The Balaban J connectivity index is 1.90. The molecule has 2 N–H and O–H groups in total. The monoisotopic (exact) mass is 440 g/mol. The van der Waals surface area contributed by atoms with Crippen molar-refractivity contribution in [3.8, 4) is 11.5 Å². The maximum atomic E-state index is 12.1. The van der Waals surface area contributed by atoms with Gasteiger partial charge in [0, 0.05) is 29.1 Å². The summed E-state index contributed by atoms with van der Waals surface area (Å²) in [5.41, 5.74) is 0.958. The zero-order chi connectivity index (χ0) is 19.1. The number of halogens is 2. The second-order valence-electron chi connectivity index (χ2n) is 5.25. The topological polar surface area (TPSA) is 76.7 Å². The average molecular weight is 442 g/mol. The number of hydrogen-bond acceptors (Lipinski definition) is 4. The summed E-state index contributed by atoms with van der Waals surface area (Å²) in [5.74, 6) is 0.359. The Morgan fingerprint density at radius 3 is 2.35 bits per heavy atom. The quantitative estimate of drug-likeness (QED) is 0.684. The molecule has 138 valence electrons. The third kappa shape index (κ3) is 5.37. The van der Waals surface area contributed by atoms with Gasteiger partial charge in [0.05, 0.1) is 24.9 Å². The summed E-state index contributed by atoms with van der Waals surface area (Å²) >= 11 is 9.39. The normalized spacial score (nSPS) is 10.2. The van der Waals surface area contributed by atoms with Gasteiger partial charge in [-0.05, 0) is 30.3 Å². The van der Waals surface area contributed by atoms with Gasteiger partial charge in [-0.25, -0.2) is 0 Å². The minimum absolute atomic E-state index is 0.106. The number of carbonyl (C=O) groups is 2. The molecule has 0 radical (unpaired) electrons. The maximum Gasteiger partial charge on any atom is 0.251 e. The van der Waals surface area contributed by atoms with E-state index in [1.165, 1.54) is 14.2 Å². The van der Waals surface area contributed by atoms with Crippen LogP contribution >= 0.6 is 27.5 Å². The fourth-order valence-electron chi connectivity index (χ4n) is 2.16. The number of amides is 2. The molecule has 2 aromatic carbocycles. The number of anilines is 1. The summed E-state index contributed by atoms with van der Waals surface area (Å²) in [5, 5.41) is 5.77. The number of carbonyl (C=O) groups excluding carboxylic acids is 2. The Morgan fingerprint density at radius 1 is 1.08 bits per heavy atom. The van der Waals surface area contributed by atoms with E-state index in [9.17, 15) is 9.59 Å². The minimum atomic E-state index is -0.277. The van der Waals surface area contributed by atoms with Gasteiger partial charge in [-0.15, -0.1) is 0 Å². The first-order valence-corrected chi connectivity index (χ1v) is 8.87. The molecule has 0 aliphatic heterocycles. The first-order valence-electron chi connectivity index (χ1n) is 7.69. The molecule has 0 unspecified atom stereocenters. The zero-order valence-electron chi connectivity index (χ0n) is 14.3. The van der Waals surface area contributed by atoms with Gasteiger partial charge in [-0.3, -0.25) is 9.59 Å². The van der Waals surface area contributed by atoms with Crippen LogP contribution in [0.1, 0.15) is 16.8 Å². The lowest BCUT2D eigenvalue weighted by Gasteiger charge is -2.13. The highest BCUT2D eigenvalue weighted by atomic mass is 79.9. The summed E-state index contributed by atoms with van der Waals surface area (Å²) in [7, 11) is 2.98. The van der Waals surface area contributed by atoms with Crippen molar-refractivity contribution in [1.29, 1.82) is 0 Å².